The Labute approximate surface area is 124 Å². The molecule has 1 saturated heterocycles. The minimum Gasteiger partial charge on any atom is -0.369 e. The largest absolute Gasteiger partial charge is 0.369 e. The fourth-order valence-electron chi connectivity index (χ4n) is 2.71. The first-order chi connectivity index (χ1) is 9.11. The SMILES string of the molecule is CCCN1CCN(c2ccc(Br)cc2C(C)N)CC1. The van der Waals surface area contributed by atoms with Crippen LogP contribution >= 0.6 is 15.9 Å². The summed E-state index contributed by atoms with van der Waals surface area (Å²) in [6.07, 6.45) is 1.24. The molecule has 2 N–H and O–H groups in total. The van der Waals surface area contributed by atoms with Gasteiger partial charge in [-0.25, -0.2) is 0 Å². The number of benzene rings is 1. The Bertz CT molecular complexity index is 412. The quantitative estimate of drug-likeness (QED) is 0.923. The van der Waals surface area contributed by atoms with Crippen LogP contribution in [0.25, 0.3) is 0 Å². The number of anilines is 1. The van der Waals surface area contributed by atoms with Gasteiger partial charge in [-0.05, 0) is 43.7 Å². The van der Waals surface area contributed by atoms with Gasteiger partial charge in [0.1, 0.15) is 0 Å². The molecule has 0 spiro atoms. The average Bonchev–Trinajstić information content (AvgIpc) is 2.40. The third-order valence-corrected chi connectivity index (χ3v) is 4.23. The monoisotopic (exact) mass is 325 g/mol. The van der Waals surface area contributed by atoms with Crippen molar-refractivity contribution in [1.29, 1.82) is 0 Å². The molecule has 4 heteroatoms. The van der Waals surface area contributed by atoms with Crippen LogP contribution in [-0.4, -0.2) is 37.6 Å². The summed E-state index contributed by atoms with van der Waals surface area (Å²) in [6, 6.07) is 6.53. The Kier molecular flexibility index (Phi) is 5.25. The Morgan fingerprint density at radius 2 is 1.95 bits per heavy atom. The van der Waals surface area contributed by atoms with Crippen molar-refractivity contribution in [3.05, 3.63) is 28.2 Å². The van der Waals surface area contributed by atoms with E-state index in [-0.39, 0.29) is 6.04 Å². The molecule has 1 aliphatic rings. The van der Waals surface area contributed by atoms with Gasteiger partial charge in [0.15, 0.2) is 0 Å². The van der Waals surface area contributed by atoms with Gasteiger partial charge in [-0.15, -0.1) is 0 Å². The molecule has 1 fully saturated rings. The van der Waals surface area contributed by atoms with E-state index in [0.29, 0.717) is 0 Å². The van der Waals surface area contributed by atoms with Gasteiger partial charge >= 0.3 is 0 Å². The second-order valence-corrected chi connectivity index (χ2v) is 6.24. The Balaban J connectivity index is 2.11. The first-order valence-electron chi connectivity index (χ1n) is 7.14. The lowest BCUT2D eigenvalue weighted by molar-refractivity contribution is 0.258. The summed E-state index contributed by atoms with van der Waals surface area (Å²) in [6.45, 7) is 10.0. The Morgan fingerprint density at radius 3 is 2.53 bits per heavy atom. The van der Waals surface area contributed by atoms with Crippen LogP contribution in [0, 0.1) is 0 Å². The smallest absolute Gasteiger partial charge is 0.0416 e. The van der Waals surface area contributed by atoms with Crippen molar-refractivity contribution in [2.45, 2.75) is 26.3 Å². The lowest BCUT2D eigenvalue weighted by atomic mass is 10.1. The minimum absolute atomic E-state index is 0.0705. The van der Waals surface area contributed by atoms with Crippen molar-refractivity contribution in [3.8, 4) is 0 Å². The molecule has 1 aromatic carbocycles. The molecule has 0 saturated carbocycles. The van der Waals surface area contributed by atoms with Gasteiger partial charge in [0.25, 0.3) is 0 Å². The molecule has 1 heterocycles. The fraction of sp³-hybridized carbons (Fsp3) is 0.600. The van der Waals surface area contributed by atoms with E-state index in [1.165, 1.54) is 24.2 Å². The van der Waals surface area contributed by atoms with Crippen molar-refractivity contribution >= 4 is 21.6 Å². The summed E-state index contributed by atoms with van der Waals surface area (Å²) in [5.74, 6) is 0. The summed E-state index contributed by atoms with van der Waals surface area (Å²) in [5, 5.41) is 0. The Hall–Kier alpha value is -0.580. The van der Waals surface area contributed by atoms with Crippen LogP contribution in [0.5, 0.6) is 0 Å². The summed E-state index contributed by atoms with van der Waals surface area (Å²) in [4.78, 5) is 5.01. The summed E-state index contributed by atoms with van der Waals surface area (Å²) in [7, 11) is 0. The zero-order valence-corrected chi connectivity index (χ0v) is 13.5. The van der Waals surface area contributed by atoms with Crippen molar-refractivity contribution < 1.29 is 0 Å². The normalized spacial score (nSPS) is 18.6. The summed E-state index contributed by atoms with van der Waals surface area (Å²) in [5.41, 5.74) is 8.64. The van der Waals surface area contributed by atoms with Gasteiger partial charge in [0.05, 0.1) is 0 Å². The van der Waals surface area contributed by atoms with E-state index in [0.717, 1.165) is 30.7 Å². The predicted molar refractivity (Wildman–Crippen MR) is 85.7 cm³/mol. The maximum atomic E-state index is 6.11. The van der Waals surface area contributed by atoms with Crippen LogP contribution in [0.4, 0.5) is 5.69 Å². The van der Waals surface area contributed by atoms with Gasteiger partial charge < -0.3 is 10.6 Å². The first-order valence-corrected chi connectivity index (χ1v) is 7.93. The van der Waals surface area contributed by atoms with Crippen molar-refractivity contribution in [3.63, 3.8) is 0 Å². The molecule has 1 aliphatic heterocycles. The molecule has 0 amide bonds. The maximum Gasteiger partial charge on any atom is 0.0416 e. The number of piperazine rings is 1. The molecule has 0 aliphatic carbocycles. The highest BCUT2D eigenvalue weighted by atomic mass is 79.9. The van der Waals surface area contributed by atoms with E-state index in [1.807, 2.05) is 0 Å². The molecule has 1 aromatic rings. The lowest BCUT2D eigenvalue weighted by Gasteiger charge is -2.37. The molecular weight excluding hydrogens is 302 g/mol. The highest BCUT2D eigenvalue weighted by Crippen LogP contribution is 2.29. The number of halogens is 1. The van der Waals surface area contributed by atoms with Gasteiger partial charge in [-0.2, -0.15) is 0 Å². The van der Waals surface area contributed by atoms with E-state index in [4.69, 9.17) is 5.73 Å². The van der Waals surface area contributed by atoms with Crippen LogP contribution in [0.1, 0.15) is 31.9 Å². The lowest BCUT2D eigenvalue weighted by Crippen LogP contribution is -2.47. The number of rotatable bonds is 4. The molecule has 106 valence electrons. The molecular formula is C15H24BrN3. The number of hydrogen-bond donors (Lipinski definition) is 1. The summed E-state index contributed by atoms with van der Waals surface area (Å²) >= 11 is 3.54. The van der Waals surface area contributed by atoms with Crippen LogP contribution in [0.15, 0.2) is 22.7 Å². The van der Waals surface area contributed by atoms with Crippen molar-refractivity contribution in [2.24, 2.45) is 5.73 Å². The van der Waals surface area contributed by atoms with Crippen LogP contribution in [0.3, 0.4) is 0 Å². The fourth-order valence-corrected chi connectivity index (χ4v) is 3.09. The number of nitrogens with two attached hydrogens (primary N) is 1. The van der Waals surface area contributed by atoms with Gasteiger partial charge in [-0.1, -0.05) is 22.9 Å². The third kappa shape index (κ3) is 3.71. The molecule has 19 heavy (non-hydrogen) atoms. The third-order valence-electron chi connectivity index (χ3n) is 3.73. The number of hydrogen-bond acceptors (Lipinski definition) is 3. The minimum atomic E-state index is 0.0705. The molecule has 0 aromatic heterocycles. The molecule has 3 nitrogen and oxygen atoms in total. The standard InChI is InChI=1S/C15H24BrN3/c1-3-6-18-7-9-19(10-8-18)15-5-4-13(16)11-14(15)12(2)17/h4-5,11-12H,3,6-10,17H2,1-2H3. The average molecular weight is 326 g/mol. The van der Waals surface area contributed by atoms with Gasteiger partial charge in [0.2, 0.25) is 0 Å². The van der Waals surface area contributed by atoms with E-state index in [9.17, 15) is 0 Å². The van der Waals surface area contributed by atoms with E-state index < -0.39 is 0 Å². The van der Waals surface area contributed by atoms with Crippen LogP contribution in [-0.2, 0) is 0 Å². The van der Waals surface area contributed by atoms with Gasteiger partial charge in [0, 0.05) is 42.4 Å². The second kappa shape index (κ2) is 6.73. The topological polar surface area (TPSA) is 32.5 Å². The molecule has 2 rings (SSSR count). The van der Waals surface area contributed by atoms with E-state index in [1.54, 1.807) is 0 Å². The van der Waals surface area contributed by atoms with Crippen molar-refractivity contribution in [2.75, 3.05) is 37.6 Å². The second-order valence-electron chi connectivity index (χ2n) is 5.32. The molecule has 0 radical (unpaired) electrons. The van der Waals surface area contributed by atoms with Crippen LogP contribution in [0.2, 0.25) is 0 Å². The van der Waals surface area contributed by atoms with Gasteiger partial charge in [-0.3, -0.25) is 4.90 Å². The zero-order chi connectivity index (χ0) is 13.8. The summed E-state index contributed by atoms with van der Waals surface area (Å²) < 4.78 is 1.10. The van der Waals surface area contributed by atoms with Crippen molar-refractivity contribution in [1.82, 2.24) is 4.90 Å². The van der Waals surface area contributed by atoms with E-state index >= 15 is 0 Å². The highest BCUT2D eigenvalue weighted by Gasteiger charge is 2.19. The maximum absolute atomic E-state index is 6.11. The molecule has 1 atom stereocenters. The van der Waals surface area contributed by atoms with E-state index in [2.05, 4.69) is 57.8 Å². The predicted octanol–water partition coefficient (Wildman–Crippen LogP) is 3.00. The molecule has 1 unspecified atom stereocenters. The molecule has 0 bridgehead atoms. The van der Waals surface area contributed by atoms with Crippen LogP contribution < -0.4 is 10.6 Å². The highest BCUT2D eigenvalue weighted by molar-refractivity contribution is 9.10. The first kappa shape index (κ1) is 14.8. The number of nitrogens with zero attached hydrogens (tertiary/aromatic N) is 2. The zero-order valence-electron chi connectivity index (χ0n) is 11.9. The Morgan fingerprint density at radius 1 is 1.26 bits per heavy atom.